The topological polar surface area (TPSA) is 80.7 Å². The molecule has 0 spiro atoms. The number of hydrogen-bond donors (Lipinski definition) is 2. The van der Waals surface area contributed by atoms with E-state index in [0.717, 1.165) is 0 Å². The fourth-order valence-electron chi connectivity index (χ4n) is 2.10. The molecule has 0 amide bonds. The van der Waals surface area contributed by atoms with E-state index in [-0.39, 0.29) is 6.61 Å². The van der Waals surface area contributed by atoms with Crippen molar-refractivity contribution in [1.82, 2.24) is 4.98 Å². The number of carbonyl (C=O) groups is 1. The van der Waals surface area contributed by atoms with E-state index in [1.54, 1.807) is 18.3 Å². The Kier molecular flexibility index (Phi) is 4.34. The molecule has 0 aliphatic carbocycles. The van der Waals surface area contributed by atoms with Crippen molar-refractivity contribution < 1.29 is 19.4 Å². The van der Waals surface area contributed by atoms with Crippen molar-refractivity contribution >= 4 is 11.8 Å². The third-order valence-corrected chi connectivity index (χ3v) is 3.33. The van der Waals surface area contributed by atoms with Gasteiger partial charge in [0.1, 0.15) is 5.82 Å². The van der Waals surface area contributed by atoms with Crippen molar-refractivity contribution in [2.75, 3.05) is 32.2 Å². The summed E-state index contributed by atoms with van der Waals surface area (Å²) in [6.07, 6.45) is 2.94. The number of carbonyl (C=O) groups excluding carboxylic acids is 1. The number of methoxy groups -OCH3 is 1. The molecule has 0 radical (unpaired) electrons. The summed E-state index contributed by atoms with van der Waals surface area (Å²) in [7, 11) is 1.34. The number of ether oxygens (including phenoxy) is 2. The predicted octanol–water partition coefficient (Wildman–Crippen LogP) is 0.822. The summed E-state index contributed by atoms with van der Waals surface area (Å²) in [6.45, 7) is 1.20. The Morgan fingerprint density at radius 1 is 1.58 bits per heavy atom. The van der Waals surface area contributed by atoms with Crippen LogP contribution in [0.15, 0.2) is 18.3 Å². The van der Waals surface area contributed by atoms with Gasteiger partial charge in [-0.05, 0) is 25.0 Å². The molecule has 2 heterocycles. The standard InChI is InChI=1S/C13H18N2O4/c1-18-12(17)10-2-5-14-11(8-10)15-13(9-16)3-6-19-7-4-13/h2,5,8,16H,3-4,6-7,9H2,1H3,(H,14,15). The van der Waals surface area contributed by atoms with Crippen LogP contribution in [0.3, 0.4) is 0 Å². The Hall–Kier alpha value is -1.66. The van der Waals surface area contributed by atoms with Crippen LogP contribution in [-0.4, -0.2) is 48.5 Å². The second kappa shape index (κ2) is 5.99. The van der Waals surface area contributed by atoms with Gasteiger partial charge in [0.2, 0.25) is 0 Å². The number of rotatable bonds is 4. The van der Waals surface area contributed by atoms with Crippen molar-refractivity contribution in [2.45, 2.75) is 18.4 Å². The first-order chi connectivity index (χ1) is 9.19. The molecule has 1 aromatic rings. The normalized spacial score (nSPS) is 17.8. The lowest BCUT2D eigenvalue weighted by Gasteiger charge is -2.36. The molecule has 2 N–H and O–H groups in total. The summed E-state index contributed by atoms with van der Waals surface area (Å²) >= 11 is 0. The van der Waals surface area contributed by atoms with Crippen LogP contribution in [0, 0.1) is 0 Å². The fourth-order valence-corrected chi connectivity index (χ4v) is 2.10. The summed E-state index contributed by atoms with van der Waals surface area (Å²) < 4.78 is 9.97. The van der Waals surface area contributed by atoms with Crippen LogP contribution in [0.1, 0.15) is 23.2 Å². The molecule has 0 unspecified atom stereocenters. The maximum atomic E-state index is 11.5. The first-order valence-electron chi connectivity index (χ1n) is 6.20. The Bertz CT molecular complexity index is 444. The van der Waals surface area contributed by atoms with Crippen LogP contribution in [-0.2, 0) is 9.47 Å². The Labute approximate surface area is 111 Å². The third-order valence-electron chi connectivity index (χ3n) is 3.33. The molecule has 1 aromatic heterocycles. The van der Waals surface area contributed by atoms with E-state index >= 15 is 0 Å². The number of nitrogens with zero attached hydrogens (tertiary/aromatic N) is 1. The van der Waals surface area contributed by atoms with Gasteiger partial charge in [0, 0.05) is 19.4 Å². The molecule has 1 fully saturated rings. The van der Waals surface area contributed by atoms with Crippen LogP contribution >= 0.6 is 0 Å². The zero-order valence-corrected chi connectivity index (χ0v) is 10.9. The SMILES string of the molecule is COC(=O)c1ccnc(NC2(CO)CCOCC2)c1. The second-order valence-corrected chi connectivity index (χ2v) is 4.60. The smallest absolute Gasteiger partial charge is 0.338 e. The number of nitrogens with one attached hydrogen (secondary N) is 1. The number of aromatic nitrogens is 1. The van der Waals surface area contributed by atoms with Gasteiger partial charge in [0.15, 0.2) is 0 Å². The van der Waals surface area contributed by atoms with E-state index in [1.165, 1.54) is 7.11 Å². The summed E-state index contributed by atoms with van der Waals surface area (Å²) in [4.78, 5) is 15.6. The van der Waals surface area contributed by atoms with E-state index in [4.69, 9.17) is 4.74 Å². The highest BCUT2D eigenvalue weighted by Gasteiger charge is 2.32. The summed E-state index contributed by atoms with van der Waals surface area (Å²) in [6, 6.07) is 3.21. The molecule has 1 saturated heterocycles. The van der Waals surface area contributed by atoms with E-state index in [2.05, 4.69) is 15.0 Å². The Morgan fingerprint density at radius 3 is 2.95 bits per heavy atom. The second-order valence-electron chi connectivity index (χ2n) is 4.60. The molecule has 104 valence electrons. The van der Waals surface area contributed by atoms with E-state index < -0.39 is 11.5 Å². The van der Waals surface area contributed by atoms with Gasteiger partial charge in [0.05, 0.1) is 24.8 Å². The van der Waals surface area contributed by atoms with Crippen molar-refractivity contribution in [2.24, 2.45) is 0 Å². The largest absolute Gasteiger partial charge is 0.465 e. The van der Waals surface area contributed by atoms with Gasteiger partial charge in [-0.3, -0.25) is 0 Å². The highest BCUT2D eigenvalue weighted by Crippen LogP contribution is 2.25. The first-order valence-corrected chi connectivity index (χ1v) is 6.20. The average molecular weight is 266 g/mol. The lowest BCUT2D eigenvalue weighted by molar-refractivity contribution is 0.0378. The number of pyridine rings is 1. The molecule has 0 saturated carbocycles. The number of esters is 1. The molecule has 19 heavy (non-hydrogen) atoms. The summed E-state index contributed by atoms with van der Waals surface area (Å²) in [5, 5.41) is 12.8. The predicted molar refractivity (Wildman–Crippen MR) is 69.1 cm³/mol. The van der Waals surface area contributed by atoms with Crippen molar-refractivity contribution in [3.8, 4) is 0 Å². The van der Waals surface area contributed by atoms with E-state index in [1.807, 2.05) is 0 Å². The minimum absolute atomic E-state index is 0.000488. The molecule has 6 heteroatoms. The van der Waals surface area contributed by atoms with Gasteiger partial charge >= 0.3 is 5.97 Å². The lowest BCUT2D eigenvalue weighted by atomic mass is 9.91. The highest BCUT2D eigenvalue weighted by atomic mass is 16.5. The van der Waals surface area contributed by atoms with Gasteiger partial charge in [-0.1, -0.05) is 0 Å². The molecular formula is C13H18N2O4. The minimum Gasteiger partial charge on any atom is -0.465 e. The van der Waals surface area contributed by atoms with Gasteiger partial charge in [0.25, 0.3) is 0 Å². The Balaban J connectivity index is 2.15. The first kappa shape index (κ1) is 13.8. The van der Waals surface area contributed by atoms with Crippen LogP contribution < -0.4 is 5.32 Å². The number of anilines is 1. The fraction of sp³-hybridized carbons (Fsp3) is 0.538. The minimum atomic E-state index is -0.431. The molecule has 0 bridgehead atoms. The van der Waals surface area contributed by atoms with Gasteiger partial charge in [-0.25, -0.2) is 9.78 Å². The van der Waals surface area contributed by atoms with Crippen LogP contribution in [0.25, 0.3) is 0 Å². The van der Waals surface area contributed by atoms with E-state index in [9.17, 15) is 9.90 Å². The monoisotopic (exact) mass is 266 g/mol. The molecular weight excluding hydrogens is 248 g/mol. The van der Waals surface area contributed by atoms with Crippen molar-refractivity contribution in [3.63, 3.8) is 0 Å². The van der Waals surface area contributed by atoms with Crippen LogP contribution in [0.4, 0.5) is 5.82 Å². The molecule has 1 aliphatic rings. The average Bonchev–Trinajstić information content (AvgIpc) is 2.47. The van der Waals surface area contributed by atoms with Crippen LogP contribution in [0.5, 0.6) is 0 Å². The molecule has 1 aliphatic heterocycles. The molecule has 0 atom stereocenters. The maximum Gasteiger partial charge on any atom is 0.338 e. The quantitative estimate of drug-likeness (QED) is 0.785. The molecule has 6 nitrogen and oxygen atoms in total. The van der Waals surface area contributed by atoms with Gasteiger partial charge < -0.3 is 19.9 Å². The Morgan fingerprint density at radius 2 is 2.32 bits per heavy atom. The zero-order chi connectivity index (χ0) is 13.7. The summed E-state index contributed by atoms with van der Waals surface area (Å²) in [5.74, 6) is 0.148. The number of hydrogen-bond acceptors (Lipinski definition) is 6. The summed E-state index contributed by atoms with van der Waals surface area (Å²) in [5.41, 5.74) is 0.000131. The maximum absolute atomic E-state index is 11.5. The van der Waals surface area contributed by atoms with Crippen molar-refractivity contribution in [3.05, 3.63) is 23.9 Å². The third kappa shape index (κ3) is 3.21. The van der Waals surface area contributed by atoms with Gasteiger partial charge in [-0.2, -0.15) is 0 Å². The molecule has 0 aromatic carbocycles. The van der Waals surface area contributed by atoms with Crippen molar-refractivity contribution in [1.29, 1.82) is 0 Å². The zero-order valence-electron chi connectivity index (χ0n) is 10.9. The number of aliphatic hydroxyl groups excluding tert-OH is 1. The molecule has 2 rings (SSSR count). The van der Waals surface area contributed by atoms with Crippen LogP contribution in [0.2, 0.25) is 0 Å². The lowest BCUT2D eigenvalue weighted by Crippen LogP contribution is -2.47. The number of aliphatic hydroxyl groups is 1. The highest BCUT2D eigenvalue weighted by molar-refractivity contribution is 5.90. The van der Waals surface area contributed by atoms with Gasteiger partial charge in [-0.15, -0.1) is 0 Å². The van der Waals surface area contributed by atoms with E-state index in [0.29, 0.717) is 37.4 Å².